The van der Waals surface area contributed by atoms with Crippen LogP contribution in [0.25, 0.3) is 0 Å². The molecule has 0 saturated carbocycles. The quantitative estimate of drug-likeness (QED) is 0.945. The van der Waals surface area contributed by atoms with Crippen molar-refractivity contribution in [3.05, 3.63) is 47.8 Å². The molecule has 23 heavy (non-hydrogen) atoms. The van der Waals surface area contributed by atoms with Gasteiger partial charge in [0.1, 0.15) is 5.82 Å². The molecule has 120 valence electrons. The minimum Gasteiger partial charge on any atom is -0.355 e. The van der Waals surface area contributed by atoms with E-state index in [0.717, 1.165) is 31.7 Å². The molecular formula is C17H19FN4O. The van der Waals surface area contributed by atoms with Gasteiger partial charge in [-0.3, -0.25) is 4.79 Å². The van der Waals surface area contributed by atoms with Gasteiger partial charge in [-0.15, -0.1) is 10.2 Å². The molecule has 1 aromatic carbocycles. The van der Waals surface area contributed by atoms with E-state index in [-0.39, 0.29) is 5.56 Å². The molecule has 5 nitrogen and oxygen atoms in total. The fourth-order valence-corrected chi connectivity index (χ4v) is 2.69. The van der Waals surface area contributed by atoms with Gasteiger partial charge in [-0.1, -0.05) is 25.0 Å². The van der Waals surface area contributed by atoms with E-state index in [9.17, 15) is 9.18 Å². The van der Waals surface area contributed by atoms with E-state index in [1.807, 2.05) is 6.07 Å². The van der Waals surface area contributed by atoms with Gasteiger partial charge >= 0.3 is 0 Å². The van der Waals surface area contributed by atoms with Gasteiger partial charge in [0.2, 0.25) is 0 Å². The van der Waals surface area contributed by atoms with E-state index in [1.54, 1.807) is 18.2 Å². The Kier molecular flexibility index (Phi) is 4.80. The fourth-order valence-electron chi connectivity index (χ4n) is 2.69. The molecule has 1 N–H and O–H groups in total. The molecule has 0 bridgehead atoms. The second-order valence-corrected chi connectivity index (χ2v) is 5.61. The number of rotatable bonds is 3. The Morgan fingerprint density at radius 1 is 1.00 bits per heavy atom. The van der Waals surface area contributed by atoms with E-state index in [2.05, 4.69) is 20.4 Å². The highest BCUT2D eigenvalue weighted by Crippen LogP contribution is 2.18. The van der Waals surface area contributed by atoms with Crippen LogP contribution < -0.4 is 10.2 Å². The summed E-state index contributed by atoms with van der Waals surface area (Å²) >= 11 is 0. The Morgan fingerprint density at radius 2 is 1.74 bits per heavy atom. The summed E-state index contributed by atoms with van der Waals surface area (Å²) in [7, 11) is 0. The molecule has 0 atom stereocenters. The largest absolute Gasteiger partial charge is 0.355 e. The molecule has 0 spiro atoms. The molecule has 3 rings (SSSR count). The lowest BCUT2D eigenvalue weighted by Crippen LogP contribution is -2.25. The monoisotopic (exact) mass is 314 g/mol. The number of amides is 1. The second kappa shape index (κ2) is 7.17. The molecule has 1 aliphatic rings. The lowest BCUT2D eigenvalue weighted by molar-refractivity contribution is 0.102. The van der Waals surface area contributed by atoms with Gasteiger partial charge in [0.25, 0.3) is 5.91 Å². The SMILES string of the molecule is O=C(Nc1ccc(N2CCCCCC2)nn1)c1ccccc1F. The van der Waals surface area contributed by atoms with Crippen LogP contribution in [0.2, 0.25) is 0 Å². The van der Waals surface area contributed by atoms with Gasteiger partial charge in [0.05, 0.1) is 5.56 Å². The molecule has 1 aliphatic heterocycles. The van der Waals surface area contributed by atoms with Crippen LogP contribution in [-0.4, -0.2) is 29.2 Å². The number of hydrogen-bond acceptors (Lipinski definition) is 4. The second-order valence-electron chi connectivity index (χ2n) is 5.61. The maximum Gasteiger partial charge on any atom is 0.259 e. The van der Waals surface area contributed by atoms with Crippen LogP contribution in [0.3, 0.4) is 0 Å². The minimum absolute atomic E-state index is 0.00843. The van der Waals surface area contributed by atoms with Crippen molar-refractivity contribution >= 4 is 17.5 Å². The van der Waals surface area contributed by atoms with Crippen LogP contribution >= 0.6 is 0 Å². The van der Waals surface area contributed by atoms with Crippen LogP contribution in [0.15, 0.2) is 36.4 Å². The number of benzene rings is 1. The summed E-state index contributed by atoms with van der Waals surface area (Å²) in [5, 5.41) is 10.8. The van der Waals surface area contributed by atoms with Crippen molar-refractivity contribution in [3.8, 4) is 0 Å². The average molecular weight is 314 g/mol. The third kappa shape index (κ3) is 3.83. The van der Waals surface area contributed by atoms with E-state index >= 15 is 0 Å². The van der Waals surface area contributed by atoms with Gasteiger partial charge in [0, 0.05) is 13.1 Å². The molecule has 1 fully saturated rings. The predicted octanol–water partition coefficient (Wildman–Crippen LogP) is 3.25. The minimum atomic E-state index is -0.556. The van der Waals surface area contributed by atoms with Gasteiger partial charge in [-0.05, 0) is 37.1 Å². The van der Waals surface area contributed by atoms with Crippen LogP contribution in [0, 0.1) is 5.82 Å². The van der Waals surface area contributed by atoms with Crippen molar-refractivity contribution in [1.29, 1.82) is 0 Å². The normalized spacial score (nSPS) is 15.1. The molecule has 2 aromatic rings. The highest BCUT2D eigenvalue weighted by Gasteiger charge is 2.14. The van der Waals surface area contributed by atoms with Crippen molar-refractivity contribution in [2.45, 2.75) is 25.7 Å². The first-order chi connectivity index (χ1) is 11.2. The first-order valence-electron chi connectivity index (χ1n) is 7.88. The van der Waals surface area contributed by atoms with Crippen LogP contribution in [0.5, 0.6) is 0 Å². The highest BCUT2D eigenvalue weighted by molar-refractivity contribution is 6.03. The predicted molar refractivity (Wildman–Crippen MR) is 87.1 cm³/mol. The van der Waals surface area contributed by atoms with E-state index < -0.39 is 11.7 Å². The van der Waals surface area contributed by atoms with Crippen molar-refractivity contribution in [2.24, 2.45) is 0 Å². The van der Waals surface area contributed by atoms with Crippen LogP contribution in [0.4, 0.5) is 16.0 Å². The summed E-state index contributed by atoms with van der Waals surface area (Å²) in [6.45, 7) is 1.96. The Morgan fingerprint density at radius 3 is 2.39 bits per heavy atom. The maximum absolute atomic E-state index is 13.6. The molecule has 1 saturated heterocycles. The number of halogens is 1. The Labute approximate surface area is 134 Å². The first-order valence-corrected chi connectivity index (χ1v) is 7.88. The average Bonchev–Trinajstić information content (AvgIpc) is 2.85. The summed E-state index contributed by atoms with van der Waals surface area (Å²) in [4.78, 5) is 14.2. The third-order valence-corrected chi connectivity index (χ3v) is 3.94. The molecule has 0 aliphatic carbocycles. The van der Waals surface area contributed by atoms with Gasteiger partial charge in [-0.25, -0.2) is 4.39 Å². The third-order valence-electron chi connectivity index (χ3n) is 3.94. The van der Waals surface area contributed by atoms with Crippen molar-refractivity contribution in [2.75, 3.05) is 23.3 Å². The summed E-state index contributed by atoms with van der Waals surface area (Å²) in [5.41, 5.74) is -0.00843. The molecule has 0 unspecified atom stereocenters. The molecule has 6 heteroatoms. The number of nitrogens with zero attached hydrogens (tertiary/aromatic N) is 3. The number of hydrogen-bond donors (Lipinski definition) is 1. The van der Waals surface area contributed by atoms with Gasteiger partial charge in [0.15, 0.2) is 11.6 Å². The lowest BCUT2D eigenvalue weighted by atomic mass is 10.2. The summed E-state index contributed by atoms with van der Waals surface area (Å²) in [6, 6.07) is 9.39. The molecule has 1 amide bonds. The number of carbonyl (C=O) groups excluding carboxylic acids is 1. The van der Waals surface area contributed by atoms with Crippen molar-refractivity contribution in [1.82, 2.24) is 10.2 Å². The summed E-state index contributed by atoms with van der Waals surface area (Å²) in [6.07, 6.45) is 4.82. The van der Waals surface area contributed by atoms with Gasteiger partial charge in [-0.2, -0.15) is 0 Å². The molecule has 0 radical (unpaired) electrons. The standard InChI is InChI=1S/C17H19FN4O/c18-14-8-4-3-7-13(14)17(23)19-15-9-10-16(21-20-15)22-11-5-1-2-6-12-22/h3-4,7-10H,1-2,5-6,11-12H2,(H,19,20,23). The number of aromatic nitrogens is 2. The zero-order chi connectivity index (χ0) is 16.1. The van der Waals surface area contributed by atoms with Crippen molar-refractivity contribution in [3.63, 3.8) is 0 Å². The maximum atomic E-state index is 13.6. The Balaban J connectivity index is 1.67. The highest BCUT2D eigenvalue weighted by atomic mass is 19.1. The van der Waals surface area contributed by atoms with Crippen molar-refractivity contribution < 1.29 is 9.18 Å². The fraction of sp³-hybridized carbons (Fsp3) is 0.353. The molecular weight excluding hydrogens is 295 g/mol. The summed E-state index contributed by atoms with van der Waals surface area (Å²) < 4.78 is 13.6. The number of carbonyl (C=O) groups is 1. The lowest BCUT2D eigenvalue weighted by Gasteiger charge is -2.20. The van der Waals surface area contributed by atoms with E-state index in [4.69, 9.17) is 0 Å². The Bertz CT molecular complexity index is 667. The number of anilines is 2. The van der Waals surface area contributed by atoms with Crippen LogP contribution in [-0.2, 0) is 0 Å². The Hall–Kier alpha value is -2.50. The number of nitrogens with one attached hydrogen (secondary N) is 1. The topological polar surface area (TPSA) is 58.1 Å². The van der Waals surface area contributed by atoms with Crippen LogP contribution in [0.1, 0.15) is 36.0 Å². The van der Waals surface area contributed by atoms with E-state index in [1.165, 1.54) is 25.0 Å². The first kappa shape index (κ1) is 15.4. The zero-order valence-electron chi connectivity index (χ0n) is 12.8. The van der Waals surface area contributed by atoms with Gasteiger partial charge < -0.3 is 10.2 Å². The molecule has 2 heterocycles. The molecule has 1 aromatic heterocycles. The zero-order valence-corrected chi connectivity index (χ0v) is 12.8. The smallest absolute Gasteiger partial charge is 0.259 e. The van der Waals surface area contributed by atoms with E-state index in [0.29, 0.717) is 5.82 Å². The summed E-state index contributed by atoms with van der Waals surface area (Å²) in [5.74, 6) is 0.0479.